The van der Waals surface area contributed by atoms with E-state index < -0.39 is 0 Å². The first-order chi connectivity index (χ1) is 5.81. The van der Waals surface area contributed by atoms with E-state index in [1.54, 1.807) is 0 Å². The van der Waals surface area contributed by atoms with Gasteiger partial charge in [0.05, 0.1) is 0 Å². The third-order valence-corrected chi connectivity index (χ3v) is 2.63. The third kappa shape index (κ3) is 1.43. The lowest BCUT2D eigenvalue weighted by Gasteiger charge is -2.00. The van der Waals surface area contributed by atoms with Gasteiger partial charge in [0, 0.05) is 13.0 Å². The number of hydrogen-bond donors (Lipinski definition) is 1. The van der Waals surface area contributed by atoms with Crippen molar-refractivity contribution in [2.75, 3.05) is 0 Å². The summed E-state index contributed by atoms with van der Waals surface area (Å²) in [4.78, 5) is 0. The Morgan fingerprint density at radius 3 is 3.00 bits per heavy atom. The Bertz CT molecular complexity index is 321. The number of aromatic amines is 1. The fourth-order valence-corrected chi connectivity index (χ4v) is 1.69. The van der Waals surface area contributed by atoms with E-state index in [0.29, 0.717) is 0 Å². The van der Waals surface area contributed by atoms with Crippen LogP contribution in [0.3, 0.4) is 0 Å². The maximum atomic E-state index is 5.09. The van der Waals surface area contributed by atoms with Crippen LogP contribution in [-0.4, -0.2) is 14.8 Å². The van der Waals surface area contributed by atoms with E-state index in [0.717, 1.165) is 29.5 Å². The van der Waals surface area contributed by atoms with Gasteiger partial charge in [0.15, 0.2) is 4.77 Å². The van der Waals surface area contributed by atoms with Crippen molar-refractivity contribution < 1.29 is 0 Å². The molecule has 0 aliphatic heterocycles. The quantitative estimate of drug-likeness (QED) is 0.726. The van der Waals surface area contributed by atoms with Crippen molar-refractivity contribution in [2.24, 2.45) is 5.92 Å². The molecule has 1 heterocycles. The predicted octanol–water partition coefficient (Wildman–Crippen LogP) is 1.91. The Kier molecular flexibility index (Phi) is 2.00. The van der Waals surface area contributed by atoms with Crippen LogP contribution in [-0.2, 0) is 13.0 Å². The van der Waals surface area contributed by atoms with Gasteiger partial charge in [-0.25, -0.2) is 0 Å². The number of aromatic nitrogens is 3. The average Bonchev–Trinajstić information content (AvgIpc) is 2.78. The lowest BCUT2D eigenvalue weighted by molar-refractivity contribution is 0.657. The first kappa shape index (κ1) is 7.98. The van der Waals surface area contributed by atoms with Crippen molar-refractivity contribution in [3.8, 4) is 0 Å². The van der Waals surface area contributed by atoms with Crippen molar-refractivity contribution in [1.82, 2.24) is 14.8 Å². The van der Waals surface area contributed by atoms with Crippen LogP contribution in [0.5, 0.6) is 0 Å². The summed E-state index contributed by atoms with van der Waals surface area (Å²) in [7, 11) is 0. The average molecular weight is 183 g/mol. The number of nitrogens with one attached hydrogen (secondary N) is 1. The van der Waals surface area contributed by atoms with Gasteiger partial charge in [-0.1, -0.05) is 0 Å². The summed E-state index contributed by atoms with van der Waals surface area (Å²) in [5, 5.41) is 7.05. The Labute approximate surface area is 76.8 Å². The summed E-state index contributed by atoms with van der Waals surface area (Å²) < 4.78 is 2.83. The molecule has 66 valence electrons. The van der Waals surface area contributed by atoms with Gasteiger partial charge in [-0.2, -0.15) is 5.10 Å². The largest absolute Gasteiger partial charge is 0.304 e. The highest BCUT2D eigenvalue weighted by atomic mass is 32.1. The summed E-state index contributed by atoms with van der Waals surface area (Å²) >= 11 is 5.09. The van der Waals surface area contributed by atoms with Crippen LogP contribution >= 0.6 is 12.2 Å². The molecule has 1 N–H and O–H groups in total. The van der Waals surface area contributed by atoms with E-state index in [2.05, 4.69) is 21.7 Å². The van der Waals surface area contributed by atoms with E-state index in [-0.39, 0.29) is 0 Å². The number of H-pyrrole nitrogens is 1. The van der Waals surface area contributed by atoms with Crippen LogP contribution < -0.4 is 0 Å². The molecule has 1 aliphatic rings. The van der Waals surface area contributed by atoms with E-state index in [1.807, 2.05) is 0 Å². The minimum atomic E-state index is 0.758. The number of hydrogen-bond acceptors (Lipinski definition) is 2. The molecule has 1 aromatic rings. The van der Waals surface area contributed by atoms with Crippen LogP contribution in [0.2, 0.25) is 0 Å². The van der Waals surface area contributed by atoms with E-state index in [4.69, 9.17) is 12.2 Å². The molecule has 2 rings (SSSR count). The monoisotopic (exact) mass is 183 g/mol. The zero-order valence-corrected chi connectivity index (χ0v) is 8.02. The molecule has 3 nitrogen and oxygen atoms in total. The second-order valence-electron chi connectivity index (χ2n) is 3.34. The van der Waals surface area contributed by atoms with Crippen molar-refractivity contribution in [3.05, 3.63) is 10.6 Å². The van der Waals surface area contributed by atoms with Gasteiger partial charge in [0.2, 0.25) is 0 Å². The first-order valence-electron chi connectivity index (χ1n) is 4.45. The lowest BCUT2D eigenvalue weighted by Crippen LogP contribution is -2.02. The number of rotatable bonds is 3. The Balaban J connectivity index is 2.22. The van der Waals surface area contributed by atoms with Crippen molar-refractivity contribution >= 4 is 12.2 Å². The number of nitrogens with zero attached hydrogens (tertiary/aromatic N) is 2. The standard InChI is InChI=1S/C8H13N3S/c1-2-11-7(5-6-3-4-6)9-10-8(11)12/h6H,2-5H2,1H3,(H,10,12). The molecule has 0 spiro atoms. The molecule has 1 aromatic heterocycles. The van der Waals surface area contributed by atoms with Gasteiger partial charge < -0.3 is 4.57 Å². The molecule has 12 heavy (non-hydrogen) atoms. The third-order valence-electron chi connectivity index (χ3n) is 2.32. The molecule has 1 saturated carbocycles. The first-order valence-corrected chi connectivity index (χ1v) is 4.86. The smallest absolute Gasteiger partial charge is 0.195 e. The van der Waals surface area contributed by atoms with Crippen LogP contribution in [0.1, 0.15) is 25.6 Å². The summed E-state index contributed by atoms with van der Waals surface area (Å²) in [5.74, 6) is 2.01. The van der Waals surface area contributed by atoms with Gasteiger partial charge in [0.1, 0.15) is 5.82 Å². The van der Waals surface area contributed by atoms with E-state index in [1.165, 1.54) is 12.8 Å². The van der Waals surface area contributed by atoms with Gasteiger partial charge in [0.25, 0.3) is 0 Å². The summed E-state index contributed by atoms with van der Waals surface area (Å²) in [6.45, 7) is 3.03. The normalized spacial score (nSPS) is 16.8. The molecule has 0 amide bonds. The maximum absolute atomic E-state index is 5.09. The molecular weight excluding hydrogens is 170 g/mol. The maximum Gasteiger partial charge on any atom is 0.195 e. The van der Waals surface area contributed by atoms with Gasteiger partial charge in [-0.15, -0.1) is 0 Å². The molecule has 0 unspecified atom stereocenters. The van der Waals surface area contributed by atoms with Crippen LogP contribution in [0.25, 0.3) is 0 Å². The topological polar surface area (TPSA) is 33.6 Å². The minimum absolute atomic E-state index is 0.758. The molecule has 4 heteroatoms. The molecule has 0 radical (unpaired) electrons. The molecule has 0 aromatic carbocycles. The van der Waals surface area contributed by atoms with Gasteiger partial charge in [-0.05, 0) is 37.9 Å². The molecule has 0 atom stereocenters. The Morgan fingerprint density at radius 1 is 1.67 bits per heavy atom. The zero-order chi connectivity index (χ0) is 8.55. The molecule has 1 aliphatic carbocycles. The fourth-order valence-electron chi connectivity index (χ4n) is 1.41. The van der Waals surface area contributed by atoms with E-state index in [9.17, 15) is 0 Å². The second kappa shape index (κ2) is 3.01. The van der Waals surface area contributed by atoms with Crippen LogP contribution in [0, 0.1) is 10.7 Å². The molecule has 0 bridgehead atoms. The Hall–Kier alpha value is -0.640. The summed E-state index contributed by atoms with van der Waals surface area (Å²) in [5.41, 5.74) is 0. The van der Waals surface area contributed by atoms with Gasteiger partial charge >= 0.3 is 0 Å². The minimum Gasteiger partial charge on any atom is -0.304 e. The highest BCUT2D eigenvalue weighted by Crippen LogP contribution is 2.31. The van der Waals surface area contributed by atoms with Crippen LogP contribution in [0.4, 0.5) is 0 Å². The predicted molar refractivity (Wildman–Crippen MR) is 49.5 cm³/mol. The Morgan fingerprint density at radius 2 is 2.42 bits per heavy atom. The molecule has 1 fully saturated rings. The highest BCUT2D eigenvalue weighted by Gasteiger charge is 2.23. The molecule has 0 saturated heterocycles. The van der Waals surface area contributed by atoms with E-state index >= 15 is 0 Å². The second-order valence-corrected chi connectivity index (χ2v) is 3.72. The van der Waals surface area contributed by atoms with Crippen molar-refractivity contribution in [3.63, 3.8) is 0 Å². The van der Waals surface area contributed by atoms with Crippen LogP contribution in [0.15, 0.2) is 0 Å². The highest BCUT2D eigenvalue weighted by molar-refractivity contribution is 7.71. The lowest BCUT2D eigenvalue weighted by atomic mass is 10.3. The summed E-state index contributed by atoms with van der Waals surface area (Å²) in [6, 6.07) is 0. The SMILES string of the molecule is CCn1c(CC2CC2)n[nH]c1=S. The fraction of sp³-hybridized carbons (Fsp3) is 0.750. The summed E-state index contributed by atoms with van der Waals surface area (Å²) in [6.07, 6.45) is 3.83. The van der Waals surface area contributed by atoms with Crippen molar-refractivity contribution in [1.29, 1.82) is 0 Å². The van der Waals surface area contributed by atoms with Crippen molar-refractivity contribution in [2.45, 2.75) is 32.7 Å². The zero-order valence-electron chi connectivity index (χ0n) is 7.21. The molecular formula is C8H13N3S. The van der Waals surface area contributed by atoms with Gasteiger partial charge in [-0.3, -0.25) is 5.10 Å².